The second-order valence-electron chi connectivity index (χ2n) is 3.88. The number of benzene rings is 1. The van der Waals surface area contributed by atoms with Crippen molar-refractivity contribution in [2.75, 3.05) is 26.8 Å². The highest BCUT2D eigenvalue weighted by atomic mass is 32.1. The Morgan fingerprint density at radius 2 is 2.11 bits per heavy atom. The Hall–Kier alpha value is -1.53. The largest absolute Gasteiger partial charge is 0.486 e. The van der Waals surface area contributed by atoms with E-state index in [1.54, 1.807) is 13.1 Å². The minimum atomic E-state index is -0.646. The molecule has 0 fully saturated rings. The van der Waals surface area contributed by atoms with Gasteiger partial charge in [0.25, 0.3) is 0 Å². The molecule has 0 radical (unpaired) electrons. The minimum Gasteiger partial charge on any atom is -0.486 e. The van der Waals surface area contributed by atoms with Crippen LogP contribution in [0.5, 0.6) is 11.5 Å². The summed E-state index contributed by atoms with van der Waals surface area (Å²) in [4.78, 5) is 0. The van der Waals surface area contributed by atoms with Gasteiger partial charge in [0.2, 0.25) is 0 Å². The smallest absolute Gasteiger partial charge is 0.166 e. The molecule has 0 bridgehead atoms. The van der Waals surface area contributed by atoms with Crippen LogP contribution in [-0.2, 0) is 0 Å². The summed E-state index contributed by atoms with van der Waals surface area (Å²) >= 11 is 4.94. The molecule has 1 atom stereocenters. The van der Waals surface area contributed by atoms with Crippen LogP contribution in [0.2, 0.25) is 0 Å². The summed E-state index contributed by atoms with van der Waals surface area (Å²) in [5, 5.41) is 16.2. The van der Waals surface area contributed by atoms with E-state index in [4.69, 9.17) is 21.7 Å². The van der Waals surface area contributed by atoms with Gasteiger partial charge in [-0.2, -0.15) is 0 Å². The van der Waals surface area contributed by atoms with Crippen LogP contribution >= 0.6 is 12.2 Å². The fraction of sp³-hybridized carbons (Fsp3) is 0.417. The Kier molecular flexibility index (Phi) is 4.22. The molecular weight excluding hydrogens is 252 g/mol. The van der Waals surface area contributed by atoms with E-state index in [1.165, 1.54) is 0 Å². The van der Waals surface area contributed by atoms with Gasteiger partial charge in [0, 0.05) is 13.6 Å². The van der Waals surface area contributed by atoms with Crippen molar-refractivity contribution >= 4 is 17.3 Å². The summed E-state index contributed by atoms with van der Waals surface area (Å²) in [6.45, 7) is 1.45. The normalized spacial score (nSPS) is 14.8. The monoisotopic (exact) mass is 268 g/mol. The standard InChI is InChI=1S/C12H16N2O3S/c1-13-12(18)14-7-9(15)8-2-3-10-11(6-8)17-5-4-16-10/h2-3,6,9,15H,4-5,7H2,1H3,(H2,13,14,18). The van der Waals surface area contributed by atoms with Crippen molar-refractivity contribution in [2.24, 2.45) is 0 Å². The highest BCUT2D eigenvalue weighted by Crippen LogP contribution is 2.32. The molecule has 1 heterocycles. The first-order valence-corrected chi connectivity index (χ1v) is 6.14. The lowest BCUT2D eigenvalue weighted by molar-refractivity contribution is 0.165. The summed E-state index contributed by atoms with van der Waals surface area (Å²) in [7, 11) is 1.73. The van der Waals surface area contributed by atoms with Crippen LogP contribution in [-0.4, -0.2) is 37.0 Å². The van der Waals surface area contributed by atoms with Gasteiger partial charge < -0.3 is 25.2 Å². The molecule has 5 nitrogen and oxygen atoms in total. The molecule has 0 aromatic heterocycles. The number of aliphatic hydroxyl groups is 1. The molecular formula is C12H16N2O3S. The van der Waals surface area contributed by atoms with Crippen LogP contribution in [0, 0.1) is 0 Å². The molecule has 0 aliphatic carbocycles. The van der Waals surface area contributed by atoms with Gasteiger partial charge in [0.1, 0.15) is 13.2 Å². The number of hydrogen-bond donors (Lipinski definition) is 3. The molecule has 3 N–H and O–H groups in total. The van der Waals surface area contributed by atoms with Crippen molar-refractivity contribution in [1.29, 1.82) is 0 Å². The van der Waals surface area contributed by atoms with Gasteiger partial charge in [-0.05, 0) is 29.9 Å². The summed E-state index contributed by atoms with van der Waals surface area (Å²) in [5.41, 5.74) is 0.769. The Bertz CT molecular complexity index is 439. The van der Waals surface area contributed by atoms with Crippen LogP contribution in [0.15, 0.2) is 18.2 Å². The van der Waals surface area contributed by atoms with Crippen molar-refractivity contribution < 1.29 is 14.6 Å². The van der Waals surface area contributed by atoms with Crippen LogP contribution in [0.1, 0.15) is 11.7 Å². The fourth-order valence-corrected chi connectivity index (χ4v) is 1.75. The van der Waals surface area contributed by atoms with Gasteiger partial charge in [-0.1, -0.05) is 6.07 Å². The molecule has 18 heavy (non-hydrogen) atoms. The molecule has 1 unspecified atom stereocenters. The zero-order chi connectivity index (χ0) is 13.0. The van der Waals surface area contributed by atoms with E-state index < -0.39 is 6.10 Å². The van der Waals surface area contributed by atoms with Crippen molar-refractivity contribution in [3.05, 3.63) is 23.8 Å². The van der Waals surface area contributed by atoms with E-state index in [1.807, 2.05) is 12.1 Å². The SMILES string of the molecule is CNC(=S)NCC(O)c1ccc2c(c1)OCCO2. The first-order chi connectivity index (χ1) is 8.70. The minimum absolute atomic E-state index is 0.347. The Morgan fingerprint density at radius 1 is 1.39 bits per heavy atom. The first-order valence-electron chi connectivity index (χ1n) is 5.74. The molecule has 2 rings (SSSR count). The average molecular weight is 268 g/mol. The van der Waals surface area contributed by atoms with Gasteiger partial charge >= 0.3 is 0 Å². The van der Waals surface area contributed by atoms with Crippen molar-refractivity contribution in [2.45, 2.75) is 6.10 Å². The number of aliphatic hydroxyl groups excluding tert-OH is 1. The van der Waals surface area contributed by atoms with E-state index in [9.17, 15) is 5.11 Å². The molecule has 0 saturated heterocycles. The second kappa shape index (κ2) is 5.88. The Balaban J connectivity index is 2.01. The predicted octanol–water partition coefficient (Wildman–Crippen LogP) is 0.585. The lowest BCUT2D eigenvalue weighted by Crippen LogP contribution is -2.35. The van der Waals surface area contributed by atoms with Crippen molar-refractivity contribution in [3.63, 3.8) is 0 Å². The third kappa shape index (κ3) is 3.02. The van der Waals surface area contributed by atoms with Crippen LogP contribution in [0.25, 0.3) is 0 Å². The molecule has 1 aromatic carbocycles. The summed E-state index contributed by atoms with van der Waals surface area (Å²) in [5.74, 6) is 1.39. The molecule has 1 aliphatic rings. The van der Waals surface area contributed by atoms with Gasteiger partial charge in [-0.25, -0.2) is 0 Å². The zero-order valence-electron chi connectivity index (χ0n) is 10.1. The molecule has 0 spiro atoms. The highest BCUT2D eigenvalue weighted by Gasteiger charge is 2.15. The van der Waals surface area contributed by atoms with Crippen LogP contribution < -0.4 is 20.1 Å². The molecule has 1 aromatic rings. The molecule has 98 valence electrons. The Morgan fingerprint density at radius 3 is 2.83 bits per heavy atom. The topological polar surface area (TPSA) is 62.8 Å². The Labute approximate surface area is 111 Å². The quantitative estimate of drug-likeness (QED) is 0.697. The average Bonchev–Trinajstić information content (AvgIpc) is 2.43. The maximum atomic E-state index is 10.0. The first kappa shape index (κ1) is 12.9. The second-order valence-corrected chi connectivity index (χ2v) is 4.29. The molecule has 0 saturated carbocycles. The van der Waals surface area contributed by atoms with Gasteiger partial charge in [0.05, 0.1) is 6.10 Å². The maximum absolute atomic E-state index is 10.0. The van der Waals surface area contributed by atoms with Gasteiger partial charge in [0.15, 0.2) is 16.6 Å². The van der Waals surface area contributed by atoms with E-state index in [2.05, 4.69) is 10.6 Å². The summed E-state index contributed by atoms with van der Waals surface area (Å²) in [6.07, 6.45) is -0.646. The van der Waals surface area contributed by atoms with Gasteiger partial charge in [-0.15, -0.1) is 0 Å². The summed E-state index contributed by atoms with van der Waals surface area (Å²) in [6, 6.07) is 5.43. The van der Waals surface area contributed by atoms with Crippen molar-refractivity contribution in [3.8, 4) is 11.5 Å². The third-order valence-corrected chi connectivity index (χ3v) is 2.98. The highest BCUT2D eigenvalue weighted by molar-refractivity contribution is 7.80. The maximum Gasteiger partial charge on any atom is 0.166 e. The number of nitrogens with one attached hydrogen (secondary N) is 2. The number of ether oxygens (including phenoxy) is 2. The molecule has 0 amide bonds. The van der Waals surface area contributed by atoms with Crippen LogP contribution in [0.4, 0.5) is 0 Å². The lowest BCUT2D eigenvalue weighted by Gasteiger charge is -2.20. The number of rotatable bonds is 3. The zero-order valence-corrected chi connectivity index (χ0v) is 10.9. The molecule has 1 aliphatic heterocycles. The van der Waals surface area contributed by atoms with E-state index >= 15 is 0 Å². The summed E-state index contributed by atoms with van der Waals surface area (Å²) < 4.78 is 10.9. The van der Waals surface area contributed by atoms with Crippen molar-refractivity contribution in [1.82, 2.24) is 10.6 Å². The van der Waals surface area contributed by atoms with E-state index in [-0.39, 0.29) is 0 Å². The third-order valence-electron chi connectivity index (χ3n) is 2.63. The van der Waals surface area contributed by atoms with E-state index in [0.29, 0.717) is 30.6 Å². The number of hydrogen-bond acceptors (Lipinski definition) is 4. The van der Waals surface area contributed by atoms with Gasteiger partial charge in [-0.3, -0.25) is 0 Å². The fourth-order valence-electron chi connectivity index (χ4n) is 1.66. The lowest BCUT2D eigenvalue weighted by atomic mass is 10.1. The van der Waals surface area contributed by atoms with E-state index in [0.717, 1.165) is 11.3 Å². The number of fused-ring (bicyclic) bond motifs is 1. The number of thiocarbonyl (C=S) groups is 1. The predicted molar refractivity (Wildman–Crippen MR) is 72.1 cm³/mol. The van der Waals surface area contributed by atoms with Crippen LogP contribution in [0.3, 0.4) is 0 Å². The molecule has 6 heteroatoms.